The van der Waals surface area contributed by atoms with Crippen LogP contribution < -0.4 is 9.47 Å². The molecule has 0 radical (unpaired) electrons. The fourth-order valence-electron chi connectivity index (χ4n) is 2.08. The van der Waals surface area contributed by atoms with Crippen LogP contribution in [0.3, 0.4) is 0 Å². The number of amides is 1. The van der Waals surface area contributed by atoms with Crippen LogP contribution in [0.25, 0.3) is 0 Å². The van der Waals surface area contributed by atoms with E-state index >= 15 is 0 Å². The maximum absolute atomic E-state index is 12.2. The Kier molecular flexibility index (Phi) is 2.82. The lowest BCUT2D eigenvalue weighted by Crippen LogP contribution is -2.28. The molecule has 2 aliphatic rings. The highest BCUT2D eigenvalue weighted by Crippen LogP contribution is 2.40. The van der Waals surface area contributed by atoms with E-state index in [0.717, 1.165) is 6.54 Å². The Morgan fingerprint density at radius 3 is 2.94 bits per heavy atom. The largest absolute Gasteiger partial charge is 0.454 e. The van der Waals surface area contributed by atoms with Crippen LogP contribution in [0.2, 0.25) is 5.02 Å². The lowest BCUT2D eigenvalue weighted by molar-refractivity contribution is 0.0788. The van der Waals surface area contributed by atoms with Crippen LogP contribution in [0.4, 0.5) is 0 Å². The SMILES string of the molecule is CN(CC1CC1)C(=O)c1cc(Cl)c2c(c1)OCO2. The first-order valence-electron chi connectivity index (χ1n) is 6.00. The molecule has 0 atom stereocenters. The van der Waals surface area contributed by atoms with Crippen LogP contribution in [0, 0.1) is 5.92 Å². The number of halogens is 1. The van der Waals surface area contributed by atoms with Crippen molar-refractivity contribution in [2.24, 2.45) is 5.92 Å². The number of fused-ring (bicyclic) bond motifs is 1. The summed E-state index contributed by atoms with van der Waals surface area (Å²) >= 11 is 6.07. The summed E-state index contributed by atoms with van der Waals surface area (Å²) in [5, 5.41) is 0.424. The fourth-order valence-corrected chi connectivity index (χ4v) is 2.35. The van der Waals surface area contributed by atoms with Crippen molar-refractivity contribution in [1.29, 1.82) is 0 Å². The van der Waals surface area contributed by atoms with Crippen molar-refractivity contribution in [2.75, 3.05) is 20.4 Å². The van der Waals surface area contributed by atoms with Gasteiger partial charge in [-0.2, -0.15) is 0 Å². The lowest BCUT2D eigenvalue weighted by atomic mass is 10.1. The lowest BCUT2D eigenvalue weighted by Gasteiger charge is -2.17. The van der Waals surface area contributed by atoms with Crippen molar-refractivity contribution < 1.29 is 14.3 Å². The smallest absolute Gasteiger partial charge is 0.253 e. The number of ether oxygens (including phenoxy) is 2. The van der Waals surface area contributed by atoms with Crippen LogP contribution >= 0.6 is 11.6 Å². The molecule has 4 nitrogen and oxygen atoms in total. The Bertz CT molecular complexity index is 499. The molecule has 5 heteroatoms. The first-order valence-corrected chi connectivity index (χ1v) is 6.37. The van der Waals surface area contributed by atoms with Gasteiger partial charge in [0.25, 0.3) is 5.91 Å². The van der Waals surface area contributed by atoms with Crippen LogP contribution in [-0.2, 0) is 0 Å². The topological polar surface area (TPSA) is 38.8 Å². The van der Waals surface area contributed by atoms with Crippen LogP contribution in [-0.4, -0.2) is 31.2 Å². The zero-order chi connectivity index (χ0) is 12.7. The summed E-state index contributed by atoms with van der Waals surface area (Å²) in [5.41, 5.74) is 0.549. The summed E-state index contributed by atoms with van der Waals surface area (Å²) in [6, 6.07) is 3.33. The molecule has 1 heterocycles. The quantitative estimate of drug-likeness (QED) is 0.845. The molecule has 0 bridgehead atoms. The summed E-state index contributed by atoms with van der Waals surface area (Å²) in [6.07, 6.45) is 2.44. The Morgan fingerprint density at radius 2 is 2.22 bits per heavy atom. The van der Waals surface area contributed by atoms with Crippen LogP contribution in [0.1, 0.15) is 23.2 Å². The van der Waals surface area contributed by atoms with Crippen LogP contribution in [0.15, 0.2) is 12.1 Å². The second kappa shape index (κ2) is 4.35. The van der Waals surface area contributed by atoms with Gasteiger partial charge in [0, 0.05) is 19.2 Å². The van der Waals surface area contributed by atoms with Gasteiger partial charge in [-0.3, -0.25) is 4.79 Å². The van der Waals surface area contributed by atoms with E-state index in [4.69, 9.17) is 21.1 Å². The monoisotopic (exact) mass is 267 g/mol. The third-order valence-electron chi connectivity index (χ3n) is 3.25. The standard InChI is InChI=1S/C13H14ClNO3/c1-15(6-8-2-3-8)13(16)9-4-10(14)12-11(5-9)17-7-18-12/h4-5,8H,2-3,6-7H2,1H3. The molecule has 1 aliphatic carbocycles. The molecular formula is C13H14ClNO3. The number of nitrogens with zero attached hydrogens (tertiary/aromatic N) is 1. The molecule has 1 aromatic carbocycles. The van der Waals surface area contributed by atoms with Crippen molar-refractivity contribution in [2.45, 2.75) is 12.8 Å². The summed E-state index contributed by atoms with van der Waals surface area (Å²) in [6.45, 7) is 0.968. The van der Waals surface area contributed by atoms with Gasteiger partial charge < -0.3 is 14.4 Å². The van der Waals surface area contributed by atoms with Crippen molar-refractivity contribution in [3.63, 3.8) is 0 Å². The van der Waals surface area contributed by atoms with E-state index in [1.54, 1.807) is 17.0 Å². The predicted molar refractivity (Wildman–Crippen MR) is 67.3 cm³/mol. The molecule has 1 aliphatic heterocycles. The highest BCUT2D eigenvalue weighted by molar-refractivity contribution is 6.32. The Labute approximate surface area is 110 Å². The molecule has 1 fully saturated rings. The molecule has 1 aromatic rings. The van der Waals surface area contributed by atoms with E-state index in [1.165, 1.54) is 12.8 Å². The van der Waals surface area contributed by atoms with Gasteiger partial charge in [-0.05, 0) is 30.9 Å². The second-order valence-corrected chi connectivity index (χ2v) is 5.23. The molecular weight excluding hydrogens is 254 g/mol. The number of hydrogen-bond donors (Lipinski definition) is 0. The zero-order valence-electron chi connectivity index (χ0n) is 10.1. The Hall–Kier alpha value is -1.42. The van der Waals surface area contributed by atoms with Gasteiger partial charge in [0.1, 0.15) is 0 Å². The first-order chi connectivity index (χ1) is 8.65. The maximum atomic E-state index is 12.2. The molecule has 96 valence electrons. The summed E-state index contributed by atoms with van der Waals surface area (Å²) in [5.74, 6) is 1.72. The van der Waals surface area contributed by atoms with E-state index in [1.807, 2.05) is 7.05 Å². The number of hydrogen-bond acceptors (Lipinski definition) is 3. The average Bonchev–Trinajstić information content (AvgIpc) is 3.02. The van der Waals surface area contributed by atoms with Crippen molar-refractivity contribution in [3.8, 4) is 11.5 Å². The molecule has 18 heavy (non-hydrogen) atoms. The van der Waals surface area contributed by atoms with Gasteiger partial charge in [0.2, 0.25) is 6.79 Å². The highest BCUT2D eigenvalue weighted by atomic mass is 35.5. The predicted octanol–water partition coefficient (Wildman–Crippen LogP) is 2.55. The van der Waals surface area contributed by atoms with Crippen molar-refractivity contribution in [3.05, 3.63) is 22.7 Å². The molecule has 3 rings (SSSR count). The van der Waals surface area contributed by atoms with E-state index in [9.17, 15) is 4.79 Å². The normalized spacial score (nSPS) is 16.8. The molecule has 0 N–H and O–H groups in total. The van der Waals surface area contributed by atoms with E-state index in [2.05, 4.69) is 0 Å². The maximum Gasteiger partial charge on any atom is 0.253 e. The number of carbonyl (C=O) groups excluding carboxylic acids is 1. The highest BCUT2D eigenvalue weighted by Gasteiger charge is 2.27. The van der Waals surface area contributed by atoms with Crippen LogP contribution in [0.5, 0.6) is 11.5 Å². The van der Waals surface area contributed by atoms with Gasteiger partial charge in [-0.1, -0.05) is 11.6 Å². The molecule has 0 unspecified atom stereocenters. The minimum Gasteiger partial charge on any atom is -0.454 e. The fraction of sp³-hybridized carbons (Fsp3) is 0.462. The van der Waals surface area contributed by atoms with E-state index in [0.29, 0.717) is 28.0 Å². The molecule has 1 amide bonds. The third kappa shape index (κ3) is 2.12. The number of benzene rings is 1. The van der Waals surface area contributed by atoms with Crippen molar-refractivity contribution in [1.82, 2.24) is 4.90 Å². The Morgan fingerprint density at radius 1 is 1.44 bits per heavy atom. The minimum absolute atomic E-state index is 0.0258. The zero-order valence-corrected chi connectivity index (χ0v) is 10.9. The third-order valence-corrected chi connectivity index (χ3v) is 3.53. The molecule has 0 aromatic heterocycles. The molecule has 0 saturated heterocycles. The van der Waals surface area contributed by atoms with Gasteiger partial charge in [-0.25, -0.2) is 0 Å². The summed E-state index contributed by atoms with van der Waals surface area (Å²) < 4.78 is 10.5. The average molecular weight is 268 g/mol. The first kappa shape index (κ1) is 11.7. The van der Waals surface area contributed by atoms with Crippen molar-refractivity contribution >= 4 is 17.5 Å². The number of rotatable bonds is 3. The second-order valence-electron chi connectivity index (χ2n) is 4.82. The number of carbonyl (C=O) groups is 1. The Balaban J connectivity index is 1.82. The van der Waals surface area contributed by atoms with Gasteiger partial charge in [-0.15, -0.1) is 0 Å². The summed E-state index contributed by atoms with van der Waals surface area (Å²) in [4.78, 5) is 14.0. The molecule has 0 spiro atoms. The molecule has 1 saturated carbocycles. The minimum atomic E-state index is -0.0258. The van der Waals surface area contributed by atoms with Gasteiger partial charge >= 0.3 is 0 Å². The van der Waals surface area contributed by atoms with E-state index in [-0.39, 0.29) is 12.7 Å². The summed E-state index contributed by atoms with van der Waals surface area (Å²) in [7, 11) is 1.82. The van der Waals surface area contributed by atoms with Gasteiger partial charge in [0.05, 0.1) is 5.02 Å². The van der Waals surface area contributed by atoms with E-state index < -0.39 is 0 Å². The van der Waals surface area contributed by atoms with Gasteiger partial charge in [0.15, 0.2) is 11.5 Å².